The van der Waals surface area contributed by atoms with E-state index in [4.69, 9.17) is 33.7 Å². The van der Waals surface area contributed by atoms with E-state index in [0.29, 0.717) is 12.0 Å². The minimum absolute atomic E-state index is 0. The van der Waals surface area contributed by atoms with Gasteiger partial charge in [0, 0.05) is 0 Å². The Balaban J connectivity index is 0.00000441. The van der Waals surface area contributed by atoms with Crippen molar-refractivity contribution in [3.8, 4) is 0 Å². The Kier molecular flexibility index (Phi) is 9.32. The molecule has 1 heterocycles. The van der Waals surface area contributed by atoms with Gasteiger partial charge in [-0.2, -0.15) is 0 Å². The SMILES string of the molecule is CC(C)(C)CCC[C@H](N)C(=O)OCc1cc(Cl)nc(Cl)c1.Cl. The summed E-state index contributed by atoms with van der Waals surface area (Å²) in [5.41, 5.74) is 6.77. The third-order valence-electron chi connectivity index (χ3n) is 2.95. The number of hydrogen-bond donors (Lipinski definition) is 1. The van der Waals surface area contributed by atoms with Crippen molar-refractivity contribution in [2.75, 3.05) is 0 Å². The Morgan fingerprint density at radius 1 is 1.32 bits per heavy atom. The molecule has 22 heavy (non-hydrogen) atoms. The highest BCUT2D eigenvalue weighted by Crippen LogP contribution is 2.22. The summed E-state index contributed by atoms with van der Waals surface area (Å²) in [6.45, 7) is 6.57. The second-order valence-electron chi connectivity index (χ2n) is 6.29. The number of ether oxygens (including phenoxy) is 1. The Morgan fingerprint density at radius 3 is 2.36 bits per heavy atom. The summed E-state index contributed by atoms with van der Waals surface area (Å²) in [4.78, 5) is 15.6. The highest BCUT2D eigenvalue weighted by atomic mass is 35.5. The van der Waals surface area contributed by atoms with E-state index in [1.54, 1.807) is 12.1 Å². The molecular formula is C15H23Cl3N2O2. The van der Waals surface area contributed by atoms with Crippen LogP contribution in [0.5, 0.6) is 0 Å². The fraction of sp³-hybridized carbons (Fsp3) is 0.600. The molecule has 7 heteroatoms. The smallest absolute Gasteiger partial charge is 0.323 e. The summed E-state index contributed by atoms with van der Waals surface area (Å²) in [5, 5.41) is 0.533. The molecule has 0 spiro atoms. The van der Waals surface area contributed by atoms with Crippen LogP contribution in [0.1, 0.15) is 45.6 Å². The highest BCUT2D eigenvalue weighted by molar-refractivity contribution is 6.32. The van der Waals surface area contributed by atoms with Crippen LogP contribution in [-0.2, 0) is 16.1 Å². The summed E-state index contributed by atoms with van der Waals surface area (Å²) >= 11 is 11.6. The molecule has 0 fully saturated rings. The van der Waals surface area contributed by atoms with Gasteiger partial charge in [-0.05, 0) is 36.0 Å². The van der Waals surface area contributed by atoms with Gasteiger partial charge in [0.2, 0.25) is 0 Å². The zero-order valence-electron chi connectivity index (χ0n) is 13.1. The minimum Gasteiger partial charge on any atom is -0.460 e. The predicted molar refractivity (Wildman–Crippen MR) is 92.6 cm³/mol. The van der Waals surface area contributed by atoms with Crippen LogP contribution >= 0.6 is 35.6 Å². The predicted octanol–water partition coefficient (Wildman–Crippen LogP) is 4.40. The molecule has 0 unspecified atom stereocenters. The number of halogens is 3. The van der Waals surface area contributed by atoms with E-state index >= 15 is 0 Å². The Labute approximate surface area is 148 Å². The van der Waals surface area contributed by atoms with Crippen LogP contribution in [0.25, 0.3) is 0 Å². The Morgan fingerprint density at radius 2 is 1.86 bits per heavy atom. The molecule has 0 aliphatic heterocycles. The number of nitrogens with zero attached hydrogens (tertiary/aromatic N) is 1. The van der Waals surface area contributed by atoms with Crippen LogP contribution in [0.15, 0.2) is 12.1 Å². The van der Waals surface area contributed by atoms with Crippen molar-refractivity contribution in [2.24, 2.45) is 11.1 Å². The van der Waals surface area contributed by atoms with Crippen LogP contribution in [0.4, 0.5) is 0 Å². The van der Waals surface area contributed by atoms with Crippen LogP contribution in [0.3, 0.4) is 0 Å². The van der Waals surface area contributed by atoms with Gasteiger partial charge in [-0.25, -0.2) is 4.98 Å². The summed E-state index contributed by atoms with van der Waals surface area (Å²) in [7, 11) is 0. The molecule has 2 N–H and O–H groups in total. The van der Waals surface area contributed by atoms with Gasteiger partial charge in [0.25, 0.3) is 0 Å². The summed E-state index contributed by atoms with van der Waals surface area (Å²) in [6, 6.07) is 2.61. The Bertz CT molecular complexity index is 470. The molecule has 0 aromatic carbocycles. The van der Waals surface area contributed by atoms with Gasteiger partial charge in [0.15, 0.2) is 0 Å². The van der Waals surface area contributed by atoms with Crippen LogP contribution in [-0.4, -0.2) is 17.0 Å². The van der Waals surface area contributed by atoms with Crippen molar-refractivity contribution < 1.29 is 9.53 Å². The number of nitrogens with two attached hydrogens (primary N) is 1. The van der Waals surface area contributed by atoms with E-state index in [1.807, 2.05) is 0 Å². The fourth-order valence-corrected chi connectivity index (χ4v) is 2.33. The quantitative estimate of drug-likeness (QED) is 0.596. The lowest BCUT2D eigenvalue weighted by molar-refractivity contribution is -0.146. The van der Waals surface area contributed by atoms with Crippen molar-refractivity contribution in [1.82, 2.24) is 4.98 Å². The third kappa shape index (κ3) is 8.79. The van der Waals surface area contributed by atoms with Gasteiger partial charge in [-0.3, -0.25) is 4.79 Å². The summed E-state index contributed by atoms with van der Waals surface area (Å²) in [5.74, 6) is -0.409. The third-order valence-corrected chi connectivity index (χ3v) is 3.34. The zero-order valence-corrected chi connectivity index (χ0v) is 15.4. The summed E-state index contributed by atoms with van der Waals surface area (Å²) in [6.07, 6.45) is 2.53. The number of rotatable bonds is 6. The first-order valence-electron chi connectivity index (χ1n) is 6.91. The first-order chi connectivity index (χ1) is 9.67. The van der Waals surface area contributed by atoms with Crippen LogP contribution in [0.2, 0.25) is 10.3 Å². The lowest BCUT2D eigenvalue weighted by atomic mass is 9.89. The molecule has 0 bridgehead atoms. The van der Waals surface area contributed by atoms with Crippen LogP contribution < -0.4 is 5.73 Å². The largest absolute Gasteiger partial charge is 0.460 e. The molecular weight excluding hydrogens is 347 g/mol. The number of esters is 1. The number of hydrogen-bond acceptors (Lipinski definition) is 4. The second-order valence-corrected chi connectivity index (χ2v) is 7.06. The molecule has 1 rings (SSSR count). The van der Waals surface area contributed by atoms with Crippen molar-refractivity contribution in [1.29, 1.82) is 0 Å². The van der Waals surface area contributed by atoms with E-state index in [2.05, 4.69) is 25.8 Å². The van der Waals surface area contributed by atoms with Crippen molar-refractivity contribution >= 4 is 41.6 Å². The minimum atomic E-state index is -0.597. The molecule has 0 amide bonds. The number of pyridine rings is 1. The van der Waals surface area contributed by atoms with Crippen molar-refractivity contribution in [2.45, 2.75) is 52.7 Å². The Hall–Kier alpha value is -0.550. The zero-order chi connectivity index (χ0) is 16.0. The topological polar surface area (TPSA) is 65.2 Å². The van der Waals surface area contributed by atoms with Gasteiger partial charge < -0.3 is 10.5 Å². The lowest BCUT2D eigenvalue weighted by Gasteiger charge is -2.19. The van der Waals surface area contributed by atoms with Crippen molar-refractivity contribution in [3.05, 3.63) is 28.0 Å². The molecule has 1 aromatic heterocycles. The highest BCUT2D eigenvalue weighted by Gasteiger charge is 2.17. The van der Waals surface area contributed by atoms with Gasteiger partial charge in [-0.1, -0.05) is 50.4 Å². The molecule has 126 valence electrons. The summed E-state index contributed by atoms with van der Waals surface area (Å²) < 4.78 is 5.17. The standard InChI is InChI=1S/C15H22Cl2N2O2.ClH/c1-15(2,3)6-4-5-11(18)14(20)21-9-10-7-12(16)19-13(17)8-10;/h7-8,11H,4-6,9,18H2,1-3H3;1H/t11-;/m0./s1. The maximum atomic E-state index is 11.8. The molecule has 4 nitrogen and oxygen atoms in total. The van der Waals surface area contributed by atoms with Gasteiger partial charge in [0.1, 0.15) is 23.0 Å². The maximum Gasteiger partial charge on any atom is 0.323 e. The molecule has 0 saturated carbocycles. The molecule has 0 aliphatic carbocycles. The fourth-order valence-electron chi connectivity index (χ4n) is 1.83. The van der Waals surface area contributed by atoms with E-state index in [1.165, 1.54) is 0 Å². The van der Waals surface area contributed by atoms with Gasteiger partial charge >= 0.3 is 5.97 Å². The normalized spacial score (nSPS) is 12.5. The average molecular weight is 370 g/mol. The molecule has 0 radical (unpaired) electrons. The van der Waals surface area contributed by atoms with E-state index < -0.39 is 12.0 Å². The first kappa shape index (κ1) is 21.4. The molecule has 1 atom stereocenters. The monoisotopic (exact) mass is 368 g/mol. The second kappa shape index (κ2) is 9.56. The van der Waals surface area contributed by atoms with E-state index in [0.717, 1.165) is 12.8 Å². The van der Waals surface area contributed by atoms with Crippen molar-refractivity contribution in [3.63, 3.8) is 0 Å². The number of aromatic nitrogens is 1. The lowest BCUT2D eigenvalue weighted by Crippen LogP contribution is -2.32. The molecule has 0 saturated heterocycles. The molecule has 0 aliphatic rings. The number of carbonyl (C=O) groups excluding carboxylic acids is 1. The molecule has 1 aromatic rings. The average Bonchev–Trinajstić information content (AvgIpc) is 2.33. The first-order valence-corrected chi connectivity index (χ1v) is 7.67. The van der Waals surface area contributed by atoms with Crippen LogP contribution in [0, 0.1) is 5.41 Å². The van der Waals surface area contributed by atoms with E-state index in [-0.39, 0.29) is 34.7 Å². The van der Waals surface area contributed by atoms with E-state index in [9.17, 15) is 4.79 Å². The maximum absolute atomic E-state index is 11.8. The van der Waals surface area contributed by atoms with Gasteiger partial charge in [0.05, 0.1) is 0 Å². The number of carbonyl (C=O) groups is 1. The van der Waals surface area contributed by atoms with Gasteiger partial charge in [-0.15, -0.1) is 12.4 Å².